The van der Waals surface area contributed by atoms with E-state index in [1.165, 1.54) is 12.1 Å². The summed E-state index contributed by atoms with van der Waals surface area (Å²) in [4.78, 5) is 0. The van der Waals surface area contributed by atoms with Gasteiger partial charge in [-0.3, -0.25) is 0 Å². The second-order valence-electron chi connectivity index (χ2n) is 4.41. The standard InChI is InChI=1S/C13H15FN2O/c14-11-6-5-10(7-9(11)8-15)16-12-3-1-2-4-13(12)17/h5-7,12-13,16-17H,1-4H2. The van der Waals surface area contributed by atoms with E-state index in [0.29, 0.717) is 5.69 Å². The molecular weight excluding hydrogens is 219 g/mol. The molecule has 0 bridgehead atoms. The van der Waals surface area contributed by atoms with Crippen LogP contribution in [0, 0.1) is 17.1 Å². The number of nitrogens with one attached hydrogen (secondary N) is 1. The zero-order valence-corrected chi connectivity index (χ0v) is 9.49. The molecule has 4 heteroatoms. The van der Waals surface area contributed by atoms with Crippen molar-refractivity contribution in [2.75, 3.05) is 5.32 Å². The number of hydrogen-bond donors (Lipinski definition) is 2. The van der Waals surface area contributed by atoms with E-state index in [4.69, 9.17) is 5.26 Å². The molecule has 0 radical (unpaired) electrons. The molecule has 3 nitrogen and oxygen atoms in total. The molecular formula is C13H15FN2O. The van der Waals surface area contributed by atoms with Gasteiger partial charge < -0.3 is 10.4 Å². The fourth-order valence-electron chi connectivity index (χ4n) is 2.19. The van der Waals surface area contributed by atoms with Crippen molar-refractivity contribution in [3.8, 4) is 6.07 Å². The minimum Gasteiger partial charge on any atom is -0.391 e. The number of nitriles is 1. The van der Waals surface area contributed by atoms with Crippen molar-refractivity contribution in [1.82, 2.24) is 0 Å². The third kappa shape index (κ3) is 2.75. The fourth-order valence-corrected chi connectivity index (χ4v) is 2.19. The van der Waals surface area contributed by atoms with E-state index >= 15 is 0 Å². The largest absolute Gasteiger partial charge is 0.391 e. The van der Waals surface area contributed by atoms with Crippen molar-refractivity contribution in [2.24, 2.45) is 0 Å². The summed E-state index contributed by atoms with van der Waals surface area (Å²) >= 11 is 0. The summed E-state index contributed by atoms with van der Waals surface area (Å²) in [7, 11) is 0. The molecule has 0 amide bonds. The van der Waals surface area contributed by atoms with Crippen LogP contribution in [-0.2, 0) is 0 Å². The molecule has 0 heterocycles. The molecule has 0 spiro atoms. The molecule has 2 rings (SSSR count). The van der Waals surface area contributed by atoms with Gasteiger partial charge in [-0.1, -0.05) is 12.8 Å². The van der Waals surface area contributed by atoms with Crippen LogP contribution in [-0.4, -0.2) is 17.3 Å². The van der Waals surface area contributed by atoms with Gasteiger partial charge in [-0.25, -0.2) is 4.39 Å². The van der Waals surface area contributed by atoms with Crippen molar-refractivity contribution in [2.45, 2.75) is 37.8 Å². The highest BCUT2D eigenvalue weighted by Gasteiger charge is 2.22. The quantitative estimate of drug-likeness (QED) is 0.826. The van der Waals surface area contributed by atoms with Gasteiger partial charge in [0.05, 0.1) is 17.7 Å². The lowest BCUT2D eigenvalue weighted by Crippen LogP contribution is -2.36. The second-order valence-corrected chi connectivity index (χ2v) is 4.41. The maximum Gasteiger partial charge on any atom is 0.141 e. The summed E-state index contributed by atoms with van der Waals surface area (Å²) in [6.45, 7) is 0. The van der Waals surface area contributed by atoms with Gasteiger partial charge >= 0.3 is 0 Å². The highest BCUT2D eigenvalue weighted by Crippen LogP contribution is 2.23. The van der Waals surface area contributed by atoms with E-state index in [1.54, 1.807) is 12.1 Å². The number of aliphatic hydroxyl groups is 1. The Morgan fingerprint density at radius 1 is 1.35 bits per heavy atom. The third-order valence-electron chi connectivity index (χ3n) is 3.17. The number of nitrogens with zero attached hydrogens (tertiary/aromatic N) is 1. The third-order valence-corrected chi connectivity index (χ3v) is 3.17. The van der Waals surface area contributed by atoms with Gasteiger partial charge in [-0.05, 0) is 31.0 Å². The van der Waals surface area contributed by atoms with E-state index in [0.717, 1.165) is 25.7 Å². The Hall–Kier alpha value is -1.60. The molecule has 90 valence electrons. The number of anilines is 1. The van der Waals surface area contributed by atoms with Crippen molar-refractivity contribution in [3.05, 3.63) is 29.6 Å². The van der Waals surface area contributed by atoms with E-state index < -0.39 is 5.82 Å². The van der Waals surface area contributed by atoms with E-state index in [9.17, 15) is 9.50 Å². The van der Waals surface area contributed by atoms with E-state index in [1.807, 2.05) is 0 Å². The van der Waals surface area contributed by atoms with Crippen LogP contribution in [0.4, 0.5) is 10.1 Å². The maximum atomic E-state index is 13.1. The molecule has 1 aliphatic rings. The molecule has 0 aromatic heterocycles. The lowest BCUT2D eigenvalue weighted by Gasteiger charge is -2.29. The number of halogens is 1. The number of benzene rings is 1. The van der Waals surface area contributed by atoms with Gasteiger partial charge in [0.2, 0.25) is 0 Å². The van der Waals surface area contributed by atoms with Gasteiger partial charge in [0.1, 0.15) is 11.9 Å². The van der Waals surface area contributed by atoms with Crippen LogP contribution >= 0.6 is 0 Å². The predicted octanol–water partition coefficient (Wildman–Crippen LogP) is 2.41. The van der Waals surface area contributed by atoms with Gasteiger partial charge in [0.15, 0.2) is 0 Å². The van der Waals surface area contributed by atoms with Gasteiger partial charge in [-0.15, -0.1) is 0 Å². The van der Waals surface area contributed by atoms with Gasteiger partial charge in [-0.2, -0.15) is 5.26 Å². The lowest BCUT2D eigenvalue weighted by molar-refractivity contribution is 0.116. The topological polar surface area (TPSA) is 56.0 Å². The first-order chi connectivity index (χ1) is 8.20. The van der Waals surface area contributed by atoms with Crippen molar-refractivity contribution < 1.29 is 9.50 Å². The van der Waals surface area contributed by atoms with Gasteiger partial charge in [0, 0.05) is 5.69 Å². The Balaban J connectivity index is 2.10. The Kier molecular flexibility index (Phi) is 3.60. The van der Waals surface area contributed by atoms with Crippen LogP contribution in [0.3, 0.4) is 0 Å². The molecule has 0 aliphatic heterocycles. The zero-order chi connectivity index (χ0) is 12.3. The Labute approximate surface area is 99.9 Å². The highest BCUT2D eigenvalue weighted by molar-refractivity contribution is 5.50. The monoisotopic (exact) mass is 234 g/mol. The average Bonchev–Trinajstić information content (AvgIpc) is 2.34. The van der Waals surface area contributed by atoms with Crippen LogP contribution in [0.1, 0.15) is 31.2 Å². The molecule has 0 saturated heterocycles. The van der Waals surface area contributed by atoms with E-state index in [-0.39, 0.29) is 17.7 Å². The number of aliphatic hydroxyl groups excluding tert-OH is 1. The summed E-state index contributed by atoms with van der Waals surface area (Å²) in [6.07, 6.45) is 3.47. The van der Waals surface area contributed by atoms with Crippen molar-refractivity contribution in [1.29, 1.82) is 5.26 Å². The van der Waals surface area contributed by atoms with Crippen LogP contribution in [0.5, 0.6) is 0 Å². The molecule has 2 atom stereocenters. The number of rotatable bonds is 2. The van der Waals surface area contributed by atoms with Crippen LogP contribution < -0.4 is 5.32 Å². The van der Waals surface area contributed by atoms with Crippen molar-refractivity contribution in [3.63, 3.8) is 0 Å². The first kappa shape index (κ1) is 11.9. The smallest absolute Gasteiger partial charge is 0.141 e. The summed E-state index contributed by atoms with van der Waals surface area (Å²) in [5.74, 6) is -0.512. The molecule has 2 N–H and O–H groups in total. The summed E-state index contributed by atoms with van der Waals surface area (Å²) in [5, 5.41) is 21.7. The first-order valence-corrected chi connectivity index (χ1v) is 5.85. The number of hydrogen-bond acceptors (Lipinski definition) is 3. The van der Waals surface area contributed by atoms with E-state index in [2.05, 4.69) is 5.32 Å². The molecule has 1 saturated carbocycles. The molecule has 1 aliphatic carbocycles. The average molecular weight is 234 g/mol. The summed E-state index contributed by atoms with van der Waals surface area (Å²) in [5.41, 5.74) is 0.717. The highest BCUT2D eigenvalue weighted by atomic mass is 19.1. The van der Waals surface area contributed by atoms with Crippen LogP contribution in [0.25, 0.3) is 0 Å². The Morgan fingerprint density at radius 3 is 2.82 bits per heavy atom. The first-order valence-electron chi connectivity index (χ1n) is 5.85. The molecule has 1 aromatic carbocycles. The zero-order valence-electron chi connectivity index (χ0n) is 9.49. The Bertz CT molecular complexity index is 442. The fraction of sp³-hybridized carbons (Fsp3) is 0.462. The normalized spacial score (nSPS) is 24.1. The second kappa shape index (κ2) is 5.15. The molecule has 2 unspecified atom stereocenters. The minimum absolute atomic E-state index is 0.000698. The summed E-state index contributed by atoms with van der Waals surface area (Å²) < 4.78 is 13.1. The molecule has 1 aromatic rings. The molecule has 17 heavy (non-hydrogen) atoms. The maximum absolute atomic E-state index is 13.1. The van der Waals surface area contributed by atoms with Crippen molar-refractivity contribution >= 4 is 5.69 Å². The SMILES string of the molecule is N#Cc1cc(NC2CCCCC2O)ccc1F. The predicted molar refractivity (Wildman–Crippen MR) is 63.0 cm³/mol. The van der Waals surface area contributed by atoms with Crippen LogP contribution in [0.2, 0.25) is 0 Å². The van der Waals surface area contributed by atoms with Gasteiger partial charge in [0.25, 0.3) is 0 Å². The Morgan fingerprint density at radius 2 is 2.12 bits per heavy atom. The minimum atomic E-state index is -0.512. The molecule has 1 fully saturated rings. The lowest BCUT2D eigenvalue weighted by atomic mass is 9.92. The van der Waals surface area contributed by atoms with Crippen LogP contribution in [0.15, 0.2) is 18.2 Å². The summed E-state index contributed by atoms with van der Waals surface area (Å²) in [6, 6.07) is 6.16.